The normalized spacial score (nSPS) is 50.5. The fraction of sp³-hybridized carbons (Fsp3) is 0.913. The summed E-state index contributed by atoms with van der Waals surface area (Å²) in [6.45, 7) is 7.01. The van der Waals surface area contributed by atoms with Crippen LogP contribution in [0, 0.1) is 40.9 Å². The second kappa shape index (κ2) is 6.30. The van der Waals surface area contributed by atoms with Crippen LogP contribution >= 0.6 is 0 Å². The summed E-state index contributed by atoms with van der Waals surface area (Å²) in [7, 11) is 0. The minimum atomic E-state index is -0.401. The van der Waals surface area contributed by atoms with Gasteiger partial charge in [-0.05, 0) is 113 Å². The third-order valence-corrected chi connectivity index (χ3v) is 9.69. The molecule has 0 radical (unpaired) electrons. The van der Waals surface area contributed by atoms with Gasteiger partial charge in [0.15, 0.2) is 0 Å². The topological polar surface area (TPSA) is 50.9 Å². The lowest BCUT2D eigenvalue weighted by molar-refractivity contribution is -0.102. The van der Waals surface area contributed by atoms with E-state index in [-0.39, 0.29) is 0 Å². The third kappa shape index (κ3) is 2.81. The maximum atomic E-state index is 10.6. The van der Waals surface area contributed by atoms with Crippen molar-refractivity contribution >= 4 is 0 Å². The molecule has 4 saturated carbocycles. The summed E-state index contributed by atoms with van der Waals surface area (Å²) in [4.78, 5) is 1.96. The summed E-state index contributed by atoms with van der Waals surface area (Å²) in [5.41, 5.74) is 0.0586. The van der Waals surface area contributed by atoms with E-state index < -0.39 is 5.60 Å². The number of nitrogens with zero attached hydrogens (tertiary/aromatic N) is 3. The quantitative estimate of drug-likeness (QED) is 0.808. The molecule has 0 bridgehead atoms. The minimum absolute atomic E-state index is 0.401. The van der Waals surface area contributed by atoms with Crippen LogP contribution in [0.3, 0.4) is 0 Å². The van der Waals surface area contributed by atoms with Gasteiger partial charge in [-0.15, -0.1) is 0 Å². The Bertz CT molecular complexity index is 671. The van der Waals surface area contributed by atoms with Crippen LogP contribution in [0.15, 0.2) is 12.4 Å². The lowest BCUT2D eigenvalue weighted by Crippen LogP contribution is -2.51. The molecule has 150 valence electrons. The van der Waals surface area contributed by atoms with E-state index in [2.05, 4.69) is 31.0 Å². The van der Waals surface area contributed by atoms with E-state index in [1.165, 1.54) is 44.9 Å². The Morgan fingerprint density at radius 3 is 2.44 bits per heavy atom. The molecule has 1 unspecified atom stereocenters. The average Bonchev–Trinajstić information content (AvgIpc) is 3.27. The maximum Gasteiger partial charge on any atom is 0.0721 e. The van der Waals surface area contributed by atoms with E-state index in [0.29, 0.717) is 17.4 Å². The Hall–Kier alpha value is -0.900. The summed E-state index contributed by atoms with van der Waals surface area (Å²) >= 11 is 0. The molecule has 1 N–H and O–H groups in total. The van der Waals surface area contributed by atoms with Crippen molar-refractivity contribution in [3.05, 3.63) is 12.4 Å². The molecule has 0 amide bonds. The second-order valence-corrected chi connectivity index (χ2v) is 11.0. The van der Waals surface area contributed by atoms with E-state index in [9.17, 15) is 5.11 Å². The first-order valence-electron chi connectivity index (χ1n) is 11.5. The van der Waals surface area contributed by atoms with E-state index in [4.69, 9.17) is 0 Å². The van der Waals surface area contributed by atoms with Crippen LogP contribution in [0.1, 0.15) is 84.6 Å². The smallest absolute Gasteiger partial charge is 0.0721 e. The first kappa shape index (κ1) is 18.1. The Morgan fingerprint density at radius 2 is 1.67 bits per heavy atom. The molecule has 4 nitrogen and oxygen atoms in total. The molecule has 4 aliphatic rings. The molecule has 0 aliphatic heterocycles. The molecular weight excluding hydrogens is 334 g/mol. The van der Waals surface area contributed by atoms with Gasteiger partial charge in [0.05, 0.1) is 24.0 Å². The van der Waals surface area contributed by atoms with Crippen molar-refractivity contribution in [1.82, 2.24) is 15.0 Å². The SMILES string of the molecule is CC([C@H]1CC[C@H]2[C@@H]3CC[C@@H]4C[C@](C)(O)CC[C@@H]4[C@H]3CC[C@]12C)n1nccn1. The van der Waals surface area contributed by atoms with Crippen LogP contribution in [0.25, 0.3) is 0 Å². The Balaban J connectivity index is 1.36. The molecule has 0 spiro atoms. The lowest BCUT2D eigenvalue weighted by atomic mass is 9.49. The highest BCUT2D eigenvalue weighted by atomic mass is 16.3. The van der Waals surface area contributed by atoms with Gasteiger partial charge >= 0.3 is 0 Å². The van der Waals surface area contributed by atoms with E-state index >= 15 is 0 Å². The third-order valence-electron chi connectivity index (χ3n) is 9.69. The molecule has 1 aromatic heterocycles. The minimum Gasteiger partial charge on any atom is -0.390 e. The molecule has 27 heavy (non-hydrogen) atoms. The van der Waals surface area contributed by atoms with E-state index in [1.807, 2.05) is 17.2 Å². The first-order chi connectivity index (χ1) is 12.9. The van der Waals surface area contributed by atoms with E-state index in [0.717, 1.165) is 42.4 Å². The molecule has 1 heterocycles. The fourth-order valence-corrected chi connectivity index (χ4v) is 8.51. The van der Waals surface area contributed by atoms with Crippen molar-refractivity contribution in [2.45, 2.75) is 90.2 Å². The molecule has 0 aromatic carbocycles. The zero-order valence-electron chi connectivity index (χ0n) is 17.3. The maximum absolute atomic E-state index is 10.6. The summed E-state index contributed by atoms with van der Waals surface area (Å²) in [5.74, 6) is 5.12. The van der Waals surface area contributed by atoms with Gasteiger partial charge in [0.1, 0.15) is 0 Å². The van der Waals surface area contributed by atoms with Gasteiger partial charge in [0.25, 0.3) is 0 Å². The van der Waals surface area contributed by atoms with E-state index in [1.54, 1.807) is 0 Å². The van der Waals surface area contributed by atoms with Gasteiger partial charge in [-0.2, -0.15) is 15.0 Å². The molecule has 1 aromatic rings. The summed E-state index contributed by atoms with van der Waals surface area (Å²) in [5, 5.41) is 19.5. The van der Waals surface area contributed by atoms with Gasteiger partial charge in [-0.1, -0.05) is 6.92 Å². The molecule has 4 fully saturated rings. The average molecular weight is 372 g/mol. The van der Waals surface area contributed by atoms with Crippen LogP contribution in [0.4, 0.5) is 0 Å². The van der Waals surface area contributed by atoms with Gasteiger partial charge < -0.3 is 5.11 Å². The number of aliphatic hydroxyl groups is 1. The number of rotatable bonds is 2. The largest absolute Gasteiger partial charge is 0.390 e. The van der Waals surface area contributed by atoms with Crippen LogP contribution in [0.2, 0.25) is 0 Å². The van der Waals surface area contributed by atoms with Gasteiger partial charge in [-0.25, -0.2) is 0 Å². The Labute approximate surface area is 164 Å². The summed E-state index contributed by atoms with van der Waals surface area (Å²) < 4.78 is 0. The van der Waals surface area contributed by atoms with Crippen molar-refractivity contribution in [3.63, 3.8) is 0 Å². The predicted molar refractivity (Wildman–Crippen MR) is 106 cm³/mol. The van der Waals surface area contributed by atoms with Gasteiger partial charge in [-0.3, -0.25) is 0 Å². The van der Waals surface area contributed by atoms with Crippen LogP contribution in [-0.2, 0) is 0 Å². The van der Waals surface area contributed by atoms with Crippen LogP contribution in [0.5, 0.6) is 0 Å². The summed E-state index contributed by atoms with van der Waals surface area (Å²) in [6, 6.07) is 0.410. The van der Waals surface area contributed by atoms with Crippen LogP contribution in [-0.4, -0.2) is 25.7 Å². The predicted octanol–water partition coefficient (Wildman–Crippen LogP) is 4.86. The Morgan fingerprint density at radius 1 is 0.926 bits per heavy atom. The molecule has 9 atom stereocenters. The number of hydrogen-bond acceptors (Lipinski definition) is 3. The molecule has 0 saturated heterocycles. The molecule has 4 aliphatic carbocycles. The van der Waals surface area contributed by atoms with Gasteiger partial charge in [0.2, 0.25) is 0 Å². The summed E-state index contributed by atoms with van der Waals surface area (Å²) in [6.07, 6.45) is 15.3. The molecular formula is C23H37N3O. The highest BCUT2D eigenvalue weighted by Gasteiger charge is 2.58. The van der Waals surface area contributed by atoms with Crippen molar-refractivity contribution in [2.24, 2.45) is 40.9 Å². The highest BCUT2D eigenvalue weighted by Crippen LogP contribution is 2.66. The lowest BCUT2D eigenvalue weighted by Gasteiger charge is -2.57. The first-order valence-corrected chi connectivity index (χ1v) is 11.5. The zero-order chi connectivity index (χ0) is 18.8. The number of fused-ring (bicyclic) bond motifs is 5. The molecule has 4 heteroatoms. The fourth-order valence-electron chi connectivity index (χ4n) is 8.51. The van der Waals surface area contributed by atoms with Crippen molar-refractivity contribution in [2.75, 3.05) is 0 Å². The molecule has 5 rings (SSSR count). The number of hydrogen-bond donors (Lipinski definition) is 1. The van der Waals surface area contributed by atoms with Gasteiger partial charge in [0, 0.05) is 0 Å². The standard InChI is InChI=1S/C23H37N3O/c1-15(26-24-12-13-25-26)20-6-7-21-19-5-4-16-14-22(2,27)10-8-17(16)18(19)9-11-23(20,21)3/h12-13,15-21,27H,4-11,14H2,1-3H3/t15?,16-,17+,18-,19-,20-,21+,22-,23-/m1/s1. The van der Waals surface area contributed by atoms with Crippen molar-refractivity contribution < 1.29 is 5.11 Å². The number of aromatic nitrogens is 3. The zero-order valence-corrected chi connectivity index (χ0v) is 17.3. The van der Waals surface area contributed by atoms with Crippen molar-refractivity contribution in [1.29, 1.82) is 0 Å². The second-order valence-electron chi connectivity index (χ2n) is 11.0. The monoisotopic (exact) mass is 371 g/mol. The van der Waals surface area contributed by atoms with Crippen LogP contribution < -0.4 is 0 Å². The van der Waals surface area contributed by atoms with Crippen molar-refractivity contribution in [3.8, 4) is 0 Å². The highest BCUT2D eigenvalue weighted by molar-refractivity contribution is 5.07. The Kier molecular flexibility index (Phi) is 4.24.